The standard InChI is InChI=1S/C17H23NO3S2/c19-16(11-22-15-7-10-23(20,21)12-15)18-13-17(8-4-9-17)14-5-2-1-3-6-14/h1-3,5-6,15H,4,7-13H2,(H,18,19). The fraction of sp³-hybridized carbons (Fsp3) is 0.588. The molecule has 0 aromatic heterocycles. The van der Waals surface area contributed by atoms with E-state index in [0.717, 1.165) is 12.8 Å². The molecule has 2 aliphatic rings. The van der Waals surface area contributed by atoms with Crippen LogP contribution in [-0.2, 0) is 20.0 Å². The molecule has 23 heavy (non-hydrogen) atoms. The van der Waals surface area contributed by atoms with Gasteiger partial charge in [0, 0.05) is 17.2 Å². The van der Waals surface area contributed by atoms with Crippen molar-refractivity contribution in [1.82, 2.24) is 5.32 Å². The van der Waals surface area contributed by atoms with Gasteiger partial charge in [-0.05, 0) is 24.8 Å². The highest BCUT2D eigenvalue weighted by atomic mass is 32.2. The fourth-order valence-corrected chi connectivity index (χ4v) is 6.84. The highest BCUT2D eigenvalue weighted by Crippen LogP contribution is 2.43. The Bertz CT molecular complexity index is 654. The molecule has 4 nitrogen and oxygen atoms in total. The van der Waals surface area contributed by atoms with Gasteiger partial charge in [-0.1, -0.05) is 36.8 Å². The molecule has 1 aliphatic heterocycles. The van der Waals surface area contributed by atoms with Crippen LogP contribution >= 0.6 is 11.8 Å². The second-order valence-corrected chi connectivity index (χ2v) is 10.1. The van der Waals surface area contributed by atoms with Gasteiger partial charge in [0.25, 0.3) is 0 Å². The van der Waals surface area contributed by atoms with Crippen LogP contribution in [0.5, 0.6) is 0 Å². The Morgan fingerprint density at radius 2 is 2.00 bits per heavy atom. The van der Waals surface area contributed by atoms with Gasteiger partial charge in [0.1, 0.15) is 0 Å². The third-order valence-electron chi connectivity index (χ3n) is 4.96. The van der Waals surface area contributed by atoms with Crippen LogP contribution in [0.15, 0.2) is 30.3 Å². The quantitative estimate of drug-likeness (QED) is 0.851. The molecule has 0 spiro atoms. The summed E-state index contributed by atoms with van der Waals surface area (Å²) >= 11 is 1.48. The first-order chi connectivity index (χ1) is 11.0. The third-order valence-corrected chi connectivity index (χ3v) is 8.24. The minimum Gasteiger partial charge on any atom is -0.354 e. The summed E-state index contributed by atoms with van der Waals surface area (Å²) in [5.74, 6) is 0.856. The number of amides is 1. The van der Waals surface area contributed by atoms with E-state index < -0.39 is 9.84 Å². The Kier molecular flexibility index (Phi) is 5.01. The van der Waals surface area contributed by atoms with Gasteiger partial charge in [0.2, 0.25) is 5.91 Å². The summed E-state index contributed by atoms with van der Waals surface area (Å²) < 4.78 is 22.9. The van der Waals surface area contributed by atoms with Crippen molar-refractivity contribution in [2.24, 2.45) is 0 Å². The van der Waals surface area contributed by atoms with Crippen molar-refractivity contribution in [2.75, 3.05) is 23.8 Å². The van der Waals surface area contributed by atoms with Crippen LogP contribution in [0.4, 0.5) is 0 Å². The molecule has 3 rings (SSSR count). The van der Waals surface area contributed by atoms with Gasteiger partial charge in [-0.3, -0.25) is 4.79 Å². The molecule has 1 saturated carbocycles. The van der Waals surface area contributed by atoms with Crippen LogP contribution in [-0.4, -0.2) is 43.4 Å². The molecule has 0 radical (unpaired) electrons. The van der Waals surface area contributed by atoms with Crippen molar-refractivity contribution in [3.63, 3.8) is 0 Å². The molecule has 1 amide bonds. The molecule has 2 fully saturated rings. The summed E-state index contributed by atoms with van der Waals surface area (Å²) in [4.78, 5) is 12.1. The molecule has 1 atom stereocenters. The van der Waals surface area contributed by atoms with E-state index >= 15 is 0 Å². The van der Waals surface area contributed by atoms with E-state index in [1.165, 1.54) is 23.7 Å². The maximum atomic E-state index is 12.1. The number of carbonyl (C=O) groups is 1. The molecule has 1 N–H and O–H groups in total. The average molecular weight is 354 g/mol. The number of nitrogens with one attached hydrogen (secondary N) is 1. The zero-order chi connectivity index (χ0) is 16.3. The second kappa shape index (κ2) is 6.85. The monoisotopic (exact) mass is 353 g/mol. The van der Waals surface area contributed by atoms with Crippen LogP contribution in [0.1, 0.15) is 31.2 Å². The van der Waals surface area contributed by atoms with Crippen molar-refractivity contribution < 1.29 is 13.2 Å². The van der Waals surface area contributed by atoms with Crippen molar-refractivity contribution in [2.45, 2.75) is 36.3 Å². The van der Waals surface area contributed by atoms with Crippen LogP contribution in [0.25, 0.3) is 0 Å². The molecule has 126 valence electrons. The maximum absolute atomic E-state index is 12.1. The minimum atomic E-state index is -2.86. The molecular formula is C17H23NO3S2. The number of sulfone groups is 1. The molecule has 1 aliphatic carbocycles. The van der Waals surface area contributed by atoms with Crippen LogP contribution in [0, 0.1) is 0 Å². The summed E-state index contributed by atoms with van der Waals surface area (Å²) in [6.07, 6.45) is 4.12. The second-order valence-electron chi connectivity index (χ2n) is 6.61. The molecule has 1 aromatic carbocycles. The molecule has 1 aromatic rings. The number of benzene rings is 1. The van der Waals surface area contributed by atoms with Gasteiger partial charge >= 0.3 is 0 Å². The highest BCUT2D eigenvalue weighted by Gasteiger charge is 2.38. The lowest BCUT2D eigenvalue weighted by atomic mass is 9.64. The Morgan fingerprint density at radius 1 is 1.26 bits per heavy atom. The van der Waals surface area contributed by atoms with E-state index in [4.69, 9.17) is 0 Å². The first kappa shape index (κ1) is 16.8. The molecule has 1 unspecified atom stereocenters. The molecular weight excluding hydrogens is 330 g/mol. The molecule has 6 heteroatoms. The zero-order valence-corrected chi connectivity index (χ0v) is 14.8. The van der Waals surface area contributed by atoms with E-state index in [1.54, 1.807) is 0 Å². The number of hydrogen-bond acceptors (Lipinski definition) is 4. The summed E-state index contributed by atoms with van der Waals surface area (Å²) in [5.41, 5.74) is 1.40. The van der Waals surface area contributed by atoms with E-state index in [1.807, 2.05) is 18.2 Å². The van der Waals surface area contributed by atoms with Crippen LogP contribution in [0.2, 0.25) is 0 Å². The largest absolute Gasteiger partial charge is 0.354 e. The highest BCUT2D eigenvalue weighted by molar-refractivity contribution is 8.02. The van der Waals surface area contributed by atoms with Crippen LogP contribution in [0.3, 0.4) is 0 Å². The van der Waals surface area contributed by atoms with E-state index in [9.17, 15) is 13.2 Å². The fourth-order valence-electron chi connectivity index (χ4n) is 3.37. The van der Waals surface area contributed by atoms with Crippen molar-refractivity contribution in [1.29, 1.82) is 0 Å². The Balaban J connectivity index is 1.47. The van der Waals surface area contributed by atoms with Crippen molar-refractivity contribution in [3.8, 4) is 0 Å². The van der Waals surface area contributed by atoms with Crippen molar-refractivity contribution in [3.05, 3.63) is 35.9 Å². The predicted octanol–water partition coefficient (Wildman–Crippen LogP) is 2.14. The topological polar surface area (TPSA) is 63.2 Å². The van der Waals surface area contributed by atoms with E-state index in [0.29, 0.717) is 18.7 Å². The molecule has 1 saturated heterocycles. The first-order valence-electron chi connectivity index (χ1n) is 8.13. The van der Waals surface area contributed by atoms with Gasteiger partial charge < -0.3 is 5.32 Å². The number of rotatable bonds is 6. The normalized spacial score (nSPS) is 24.8. The first-order valence-corrected chi connectivity index (χ1v) is 11.0. The van der Waals surface area contributed by atoms with Gasteiger partial charge in [-0.2, -0.15) is 0 Å². The Morgan fingerprint density at radius 3 is 2.57 bits per heavy atom. The Hall–Kier alpha value is -1.01. The SMILES string of the molecule is O=C(CSC1CCS(=O)(=O)C1)NCC1(c2ccccc2)CCC1. The number of hydrogen-bond donors (Lipinski definition) is 1. The predicted molar refractivity (Wildman–Crippen MR) is 94.5 cm³/mol. The molecule has 0 bridgehead atoms. The number of thioether (sulfide) groups is 1. The number of carbonyl (C=O) groups excluding carboxylic acids is 1. The Labute approximate surface area is 142 Å². The van der Waals surface area contributed by atoms with Crippen molar-refractivity contribution >= 4 is 27.5 Å². The molecule has 1 heterocycles. The van der Waals surface area contributed by atoms with Gasteiger partial charge in [0.15, 0.2) is 9.84 Å². The van der Waals surface area contributed by atoms with Gasteiger partial charge in [0.05, 0.1) is 17.3 Å². The summed E-state index contributed by atoms with van der Waals surface area (Å²) in [5, 5.41) is 3.14. The smallest absolute Gasteiger partial charge is 0.230 e. The lowest BCUT2D eigenvalue weighted by Gasteiger charge is -2.42. The third kappa shape index (κ3) is 4.10. The van der Waals surface area contributed by atoms with E-state index in [2.05, 4.69) is 17.4 Å². The maximum Gasteiger partial charge on any atom is 0.230 e. The summed E-state index contributed by atoms with van der Waals surface area (Å²) in [6.45, 7) is 0.680. The average Bonchev–Trinajstić information content (AvgIpc) is 2.84. The van der Waals surface area contributed by atoms with E-state index in [-0.39, 0.29) is 28.1 Å². The lowest BCUT2D eigenvalue weighted by molar-refractivity contribution is -0.119. The zero-order valence-electron chi connectivity index (χ0n) is 13.2. The summed E-state index contributed by atoms with van der Waals surface area (Å²) in [6, 6.07) is 10.4. The summed E-state index contributed by atoms with van der Waals surface area (Å²) in [7, 11) is -2.86. The van der Waals surface area contributed by atoms with Crippen LogP contribution < -0.4 is 5.32 Å². The van der Waals surface area contributed by atoms with Gasteiger partial charge in [-0.25, -0.2) is 8.42 Å². The lowest BCUT2D eigenvalue weighted by Crippen LogP contribution is -2.46. The van der Waals surface area contributed by atoms with Gasteiger partial charge in [-0.15, -0.1) is 11.8 Å². The minimum absolute atomic E-state index is 0.0153.